The van der Waals surface area contributed by atoms with Gasteiger partial charge in [0.2, 0.25) is 0 Å². The summed E-state index contributed by atoms with van der Waals surface area (Å²) in [6, 6.07) is 12.2. The molecule has 0 bridgehead atoms. The summed E-state index contributed by atoms with van der Waals surface area (Å²) in [4.78, 5) is 3.43. The highest BCUT2D eigenvalue weighted by Gasteiger charge is 2.17. The first kappa shape index (κ1) is 12.6. The molecule has 102 valence electrons. The molecule has 0 spiro atoms. The van der Waals surface area contributed by atoms with Gasteiger partial charge < -0.3 is 15.5 Å². The number of anilines is 1. The number of aryl methyl sites for hydroxylation is 2. The summed E-state index contributed by atoms with van der Waals surface area (Å²) in [7, 11) is 1.68. The van der Waals surface area contributed by atoms with Crippen LogP contribution in [0.3, 0.4) is 0 Å². The van der Waals surface area contributed by atoms with Crippen LogP contribution in [0.5, 0.6) is 5.75 Å². The maximum absolute atomic E-state index is 5.92. The second kappa shape index (κ2) is 4.60. The van der Waals surface area contributed by atoms with Crippen molar-refractivity contribution in [2.24, 2.45) is 0 Å². The van der Waals surface area contributed by atoms with E-state index >= 15 is 0 Å². The zero-order chi connectivity index (χ0) is 14.3. The molecule has 3 N–H and O–H groups in total. The normalized spacial score (nSPS) is 10.9. The Hall–Kier alpha value is -2.42. The SMILES string of the molecule is COc1cc(N)cc(C)c1-c1c(C)[nH]c2ccccc12. The number of hydrogen-bond acceptors (Lipinski definition) is 2. The molecule has 2 aromatic carbocycles. The molecule has 0 amide bonds. The van der Waals surface area contributed by atoms with Crippen LogP contribution in [0.4, 0.5) is 5.69 Å². The lowest BCUT2D eigenvalue weighted by atomic mass is 9.96. The molecule has 20 heavy (non-hydrogen) atoms. The largest absolute Gasteiger partial charge is 0.496 e. The third-order valence-electron chi connectivity index (χ3n) is 3.69. The van der Waals surface area contributed by atoms with E-state index in [4.69, 9.17) is 10.5 Å². The van der Waals surface area contributed by atoms with E-state index in [1.807, 2.05) is 18.2 Å². The molecule has 3 heteroatoms. The molecule has 0 unspecified atom stereocenters. The minimum atomic E-state index is 0.723. The lowest BCUT2D eigenvalue weighted by molar-refractivity contribution is 0.416. The van der Waals surface area contributed by atoms with Crippen LogP contribution < -0.4 is 10.5 Å². The Morgan fingerprint density at radius 1 is 1.05 bits per heavy atom. The van der Waals surface area contributed by atoms with Gasteiger partial charge in [-0.1, -0.05) is 18.2 Å². The Morgan fingerprint density at radius 2 is 1.80 bits per heavy atom. The summed E-state index contributed by atoms with van der Waals surface area (Å²) < 4.78 is 5.54. The highest BCUT2D eigenvalue weighted by Crippen LogP contribution is 2.40. The average Bonchev–Trinajstić information content (AvgIpc) is 2.74. The fourth-order valence-electron chi connectivity index (χ4n) is 2.86. The average molecular weight is 266 g/mol. The topological polar surface area (TPSA) is 51.0 Å². The van der Waals surface area contributed by atoms with Gasteiger partial charge in [0.05, 0.1) is 7.11 Å². The van der Waals surface area contributed by atoms with Crippen LogP contribution in [0, 0.1) is 13.8 Å². The van der Waals surface area contributed by atoms with Crippen LogP contribution in [0.15, 0.2) is 36.4 Å². The molecule has 0 radical (unpaired) electrons. The van der Waals surface area contributed by atoms with Crippen molar-refractivity contribution in [2.75, 3.05) is 12.8 Å². The van der Waals surface area contributed by atoms with Crippen LogP contribution in [-0.2, 0) is 0 Å². The second-order valence-electron chi connectivity index (χ2n) is 5.09. The van der Waals surface area contributed by atoms with Crippen molar-refractivity contribution in [1.29, 1.82) is 0 Å². The van der Waals surface area contributed by atoms with Gasteiger partial charge in [0.25, 0.3) is 0 Å². The Kier molecular flexibility index (Phi) is 2.90. The van der Waals surface area contributed by atoms with E-state index in [1.165, 1.54) is 10.9 Å². The van der Waals surface area contributed by atoms with Gasteiger partial charge in [-0.15, -0.1) is 0 Å². The first-order valence-corrected chi connectivity index (χ1v) is 6.63. The monoisotopic (exact) mass is 266 g/mol. The van der Waals surface area contributed by atoms with E-state index in [2.05, 4.69) is 37.0 Å². The molecular formula is C17H18N2O. The summed E-state index contributed by atoms with van der Waals surface area (Å²) in [5, 5.41) is 1.20. The van der Waals surface area contributed by atoms with Gasteiger partial charge in [-0.05, 0) is 31.5 Å². The first-order valence-electron chi connectivity index (χ1n) is 6.63. The van der Waals surface area contributed by atoms with E-state index in [-0.39, 0.29) is 0 Å². The number of nitrogens with one attached hydrogen (secondary N) is 1. The van der Waals surface area contributed by atoms with Crippen LogP contribution in [0.25, 0.3) is 22.0 Å². The molecule has 0 saturated heterocycles. The summed E-state index contributed by atoms with van der Waals surface area (Å²) in [5.74, 6) is 0.815. The molecule has 3 nitrogen and oxygen atoms in total. The summed E-state index contributed by atoms with van der Waals surface area (Å²) in [6.07, 6.45) is 0. The minimum absolute atomic E-state index is 0.723. The molecule has 0 aliphatic carbocycles. The Morgan fingerprint density at radius 3 is 2.55 bits per heavy atom. The predicted molar refractivity (Wildman–Crippen MR) is 84.2 cm³/mol. The quantitative estimate of drug-likeness (QED) is 0.688. The Labute approximate surface area is 118 Å². The first-order chi connectivity index (χ1) is 9.61. The number of ether oxygens (including phenoxy) is 1. The van der Waals surface area contributed by atoms with Gasteiger partial charge in [-0.2, -0.15) is 0 Å². The number of fused-ring (bicyclic) bond motifs is 1. The molecule has 3 rings (SSSR count). The number of para-hydroxylation sites is 1. The van der Waals surface area contributed by atoms with Gasteiger partial charge in [-0.25, -0.2) is 0 Å². The molecule has 3 aromatic rings. The molecule has 0 fully saturated rings. The summed E-state index contributed by atoms with van der Waals surface area (Å²) >= 11 is 0. The van der Waals surface area contributed by atoms with Gasteiger partial charge >= 0.3 is 0 Å². The van der Waals surface area contributed by atoms with E-state index in [1.54, 1.807) is 7.11 Å². The van der Waals surface area contributed by atoms with Gasteiger partial charge in [0, 0.05) is 39.5 Å². The number of aromatic nitrogens is 1. The fraction of sp³-hybridized carbons (Fsp3) is 0.176. The highest BCUT2D eigenvalue weighted by atomic mass is 16.5. The molecule has 1 heterocycles. The molecule has 0 aliphatic heterocycles. The standard InChI is InChI=1S/C17H18N2O/c1-10-8-12(18)9-15(20-3)16(10)17-11(2)19-14-7-5-4-6-13(14)17/h4-9,19H,18H2,1-3H3. The van der Waals surface area contributed by atoms with Gasteiger partial charge in [0.15, 0.2) is 0 Å². The second-order valence-corrected chi connectivity index (χ2v) is 5.09. The van der Waals surface area contributed by atoms with E-state index in [9.17, 15) is 0 Å². The van der Waals surface area contributed by atoms with Crippen molar-refractivity contribution in [2.45, 2.75) is 13.8 Å². The van der Waals surface area contributed by atoms with E-state index < -0.39 is 0 Å². The molecule has 0 saturated carbocycles. The van der Waals surface area contributed by atoms with Crippen molar-refractivity contribution in [1.82, 2.24) is 4.98 Å². The Bertz CT molecular complexity index is 787. The number of nitrogens with two attached hydrogens (primary N) is 1. The van der Waals surface area contributed by atoms with Crippen molar-refractivity contribution in [3.8, 4) is 16.9 Å². The van der Waals surface area contributed by atoms with Crippen LogP contribution in [-0.4, -0.2) is 12.1 Å². The van der Waals surface area contributed by atoms with Gasteiger partial charge in [0.1, 0.15) is 5.75 Å². The summed E-state index contributed by atoms with van der Waals surface area (Å²) in [6.45, 7) is 4.15. The number of hydrogen-bond donors (Lipinski definition) is 2. The number of rotatable bonds is 2. The highest BCUT2D eigenvalue weighted by molar-refractivity contribution is 6.00. The number of methoxy groups -OCH3 is 1. The smallest absolute Gasteiger partial charge is 0.129 e. The van der Waals surface area contributed by atoms with Crippen molar-refractivity contribution >= 4 is 16.6 Å². The van der Waals surface area contributed by atoms with Crippen molar-refractivity contribution in [3.05, 3.63) is 47.7 Å². The molecular weight excluding hydrogens is 248 g/mol. The van der Waals surface area contributed by atoms with Crippen molar-refractivity contribution < 1.29 is 4.74 Å². The Balaban J connectivity index is 2.39. The van der Waals surface area contributed by atoms with Gasteiger partial charge in [-0.3, -0.25) is 0 Å². The van der Waals surface area contributed by atoms with E-state index in [0.29, 0.717) is 0 Å². The van der Waals surface area contributed by atoms with Crippen LogP contribution in [0.1, 0.15) is 11.3 Å². The number of H-pyrrole nitrogens is 1. The minimum Gasteiger partial charge on any atom is -0.496 e. The van der Waals surface area contributed by atoms with Crippen LogP contribution in [0.2, 0.25) is 0 Å². The maximum Gasteiger partial charge on any atom is 0.129 e. The van der Waals surface area contributed by atoms with Crippen LogP contribution >= 0.6 is 0 Å². The lowest BCUT2D eigenvalue weighted by Crippen LogP contribution is -1.95. The third-order valence-corrected chi connectivity index (χ3v) is 3.69. The molecule has 0 aliphatic rings. The van der Waals surface area contributed by atoms with E-state index in [0.717, 1.165) is 33.8 Å². The number of benzene rings is 2. The molecule has 0 atom stereocenters. The fourth-order valence-corrected chi connectivity index (χ4v) is 2.86. The third kappa shape index (κ3) is 1.83. The van der Waals surface area contributed by atoms with Crippen molar-refractivity contribution in [3.63, 3.8) is 0 Å². The maximum atomic E-state index is 5.92. The predicted octanol–water partition coefficient (Wildman–Crippen LogP) is 4.04. The zero-order valence-electron chi connectivity index (χ0n) is 11.9. The lowest BCUT2D eigenvalue weighted by Gasteiger charge is -2.13. The summed E-state index contributed by atoms with van der Waals surface area (Å²) in [5.41, 5.74) is 12.3. The number of aromatic amines is 1. The zero-order valence-corrected chi connectivity index (χ0v) is 11.9. The molecule has 1 aromatic heterocycles. The number of nitrogen functional groups attached to an aromatic ring is 1.